The van der Waals surface area contributed by atoms with Gasteiger partial charge in [0.05, 0.1) is 4.88 Å². The monoisotopic (exact) mass is 289 g/mol. The van der Waals surface area contributed by atoms with Crippen molar-refractivity contribution in [2.24, 2.45) is 5.92 Å². The third-order valence-electron chi connectivity index (χ3n) is 4.14. The number of nitrogens with zero attached hydrogens (tertiary/aromatic N) is 1. The van der Waals surface area contributed by atoms with E-state index in [4.69, 9.17) is 0 Å². The summed E-state index contributed by atoms with van der Waals surface area (Å²) in [5, 5.41) is 10.5. The van der Waals surface area contributed by atoms with Crippen molar-refractivity contribution in [2.45, 2.75) is 25.8 Å². The summed E-state index contributed by atoms with van der Waals surface area (Å²) in [4.78, 5) is 15.4. The molecule has 0 saturated carbocycles. The van der Waals surface area contributed by atoms with Crippen LogP contribution in [-0.4, -0.2) is 35.1 Å². The van der Waals surface area contributed by atoms with Crippen LogP contribution in [0.4, 0.5) is 0 Å². The van der Waals surface area contributed by atoms with Gasteiger partial charge in [0.2, 0.25) is 0 Å². The van der Waals surface area contributed by atoms with E-state index in [1.54, 1.807) is 11.3 Å². The number of likely N-dealkylation sites (tertiary alicyclic amines) is 1. The minimum absolute atomic E-state index is 0.108. The van der Waals surface area contributed by atoms with Crippen molar-refractivity contribution in [3.05, 3.63) is 35.2 Å². The molecule has 2 aromatic rings. The zero-order valence-corrected chi connectivity index (χ0v) is 12.4. The summed E-state index contributed by atoms with van der Waals surface area (Å²) < 4.78 is 1.15. The van der Waals surface area contributed by atoms with Crippen LogP contribution in [0.1, 0.15) is 29.4 Å². The second kappa shape index (κ2) is 5.54. The second-order valence-corrected chi connectivity index (χ2v) is 6.66. The van der Waals surface area contributed by atoms with Crippen LogP contribution in [0, 0.1) is 5.92 Å². The maximum Gasteiger partial charge on any atom is 0.264 e. The van der Waals surface area contributed by atoms with Crippen LogP contribution in [-0.2, 0) is 0 Å². The SMILES string of the molecule is CC1CCC(CO)CN1C(=O)c1cc2ccccc2s1. The molecule has 20 heavy (non-hydrogen) atoms. The number of aliphatic hydroxyl groups is 1. The van der Waals surface area contributed by atoms with Crippen molar-refractivity contribution >= 4 is 27.3 Å². The van der Waals surface area contributed by atoms with Gasteiger partial charge in [0.25, 0.3) is 5.91 Å². The van der Waals surface area contributed by atoms with Crippen molar-refractivity contribution in [3.8, 4) is 0 Å². The predicted octanol–water partition coefficient (Wildman–Crippen LogP) is 3.13. The molecule has 1 fully saturated rings. The van der Waals surface area contributed by atoms with Crippen molar-refractivity contribution in [1.82, 2.24) is 4.90 Å². The molecule has 3 rings (SSSR count). The number of aliphatic hydroxyl groups excluding tert-OH is 1. The van der Waals surface area contributed by atoms with Crippen molar-refractivity contribution < 1.29 is 9.90 Å². The molecule has 0 aliphatic carbocycles. The topological polar surface area (TPSA) is 40.5 Å². The average Bonchev–Trinajstić information content (AvgIpc) is 2.91. The highest BCUT2D eigenvalue weighted by atomic mass is 32.1. The number of fused-ring (bicyclic) bond motifs is 1. The zero-order valence-electron chi connectivity index (χ0n) is 11.6. The highest BCUT2D eigenvalue weighted by molar-refractivity contribution is 7.20. The smallest absolute Gasteiger partial charge is 0.264 e. The predicted molar refractivity (Wildman–Crippen MR) is 82.1 cm³/mol. The third kappa shape index (κ3) is 2.45. The van der Waals surface area contributed by atoms with E-state index < -0.39 is 0 Å². The first-order valence-corrected chi connectivity index (χ1v) is 7.91. The molecule has 1 aromatic carbocycles. The van der Waals surface area contributed by atoms with Crippen molar-refractivity contribution in [1.29, 1.82) is 0 Å². The molecule has 1 amide bonds. The largest absolute Gasteiger partial charge is 0.396 e. The highest BCUT2D eigenvalue weighted by Crippen LogP contribution is 2.29. The maximum atomic E-state index is 12.7. The van der Waals surface area contributed by atoms with Gasteiger partial charge in [-0.15, -0.1) is 11.3 Å². The molecule has 0 radical (unpaired) electrons. The van der Waals surface area contributed by atoms with Gasteiger partial charge in [0.15, 0.2) is 0 Å². The number of amides is 1. The molecule has 1 aliphatic rings. The molecule has 1 aromatic heterocycles. The minimum atomic E-state index is 0.108. The Bertz CT molecular complexity index is 589. The molecule has 1 N–H and O–H groups in total. The van der Waals surface area contributed by atoms with Gasteiger partial charge in [-0.1, -0.05) is 18.2 Å². The number of benzene rings is 1. The highest BCUT2D eigenvalue weighted by Gasteiger charge is 2.29. The Kier molecular flexibility index (Phi) is 3.76. The number of thiophene rings is 1. The molecule has 2 unspecified atom stereocenters. The minimum Gasteiger partial charge on any atom is -0.396 e. The molecule has 0 spiro atoms. The Hall–Kier alpha value is -1.39. The lowest BCUT2D eigenvalue weighted by molar-refractivity contribution is 0.0493. The molecular weight excluding hydrogens is 270 g/mol. The van der Waals surface area contributed by atoms with E-state index in [1.807, 2.05) is 35.2 Å². The van der Waals surface area contributed by atoms with Crippen LogP contribution in [0.5, 0.6) is 0 Å². The number of piperidine rings is 1. The van der Waals surface area contributed by atoms with Crippen LogP contribution in [0.15, 0.2) is 30.3 Å². The fourth-order valence-corrected chi connectivity index (χ4v) is 3.86. The normalized spacial score (nSPS) is 23.2. The maximum absolute atomic E-state index is 12.7. The van der Waals surface area contributed by atoms with Gasteiger partial charge in [0, 0.05) is 23.9 Å². The summed E-state index contributed by atoms with van der Waals surface area (Å²) in [7, 11) is 0. The van der Waals surface area contributed by atoms with Crippen LogP contribution in [0.25, 0.3) is 10.1 Å². The fourth-order valence-electron chi connectivity index (χ4n) is 2.84. The molecule has 1 saturated heterocycles. The lowest BCUT2D eigenvalue weighted by atomic mass is 9.94. The Labute approximate surface area is 122 Å². The molecule has 4 heteroatoms. The summed E-state index contributed by atoms with van der Waals surface area (Å²) in [5.41, 5.74) is 0. The van der Waals surface area contributed by atoms with Gasteiger partial charge in [-0.25, -0.2) is 0 Å². The van der Waals surface area contributed by atoms with Crippen molar-refractivity contribution in [2.75, 3.05) is 13.2 Å². The number of hydrogen-bond acceptors (Lipinski definition) is 3. The summed E-state index contributed by atoms with van der Waals surface area (Å²) in [6.45, 7) is 2.94. The average molecular weight is 289 g/mol. The lowest BCUT2D eigenvalue weighted by Crippen LogP contribution is -2.46. The second-order valence-electron chi connectivity index (χ2n) is 5.58. The third-order valence-corrected chi connectivity index (χ3v) is 5.24. The van der Waals surface area contributed by atoms with E-state index in [1.165, 1.54) is 0 Å². The van der Waals surface area contributed by atoms with Crippen LogP contribution < -0.4 is 0 Å². The van der Waals surface area contributed by atoms with Gasteiger partial charge in [-0.05, 0) is 43.2 Å². The van der Waals surface area contributed by atoms with E-state index in [0.717, 1.165) is 27.8 Å². The Balaban J connectivity index is 1.86. The Morgan fingerprint density at radius 3 is 2.95 bits per heavy atom. The fraction of sp³-hybridized carbons (Fsp3) is 0.438. The molecular formula is C16H19NO2S. The molecule has 0 bridgehead atoms. The van der Waals surface area contributed by atoms with Gasteiger partial charge >= 0.3 is 0 Å². The van der Waals surface area contributed by atoms with E-state index in [2.05, 4.69) is 6.92 Å². The van der Waals surface area contributed by atoms with E-state index in [-0.39, 0.29) is 24.5 Å². The summed E-state index contributed by atoms with van der Waals surface area (Å²) in [5.74, 6) is 0.335. The van der Waals surface area contributed by atoms with E-state index in [0.29, 0.717) is 6.54 Å². The standard InChI is InChI=1S/C16H19NO2S/c1-11-6-7-12(10-18)9-17(11)16(19)15-8-13-4-2-3-5-14(13)20-15/h2-5,8,11-12,18H,6-7,9-10H2,1H3. The lowest BCUT2D eigenvalue weighted by Gasteiger charge is -2.37. The Morgan fingerprint density at radius 1 is 1.40 bits per heavy atom. The summed E-state index contributed by atoms with van der Waals surface area (Å²) >= 11 is 1.56. The number of hydrogen-bond donors (Lipinski definition) is 1. The van der Waals surface area contributed by atoms with E-state index in [9.17, 15) is 9.90 Å². The number of carbonyl (C=O) groups is 1. The molecule has 3 nitrogen and oxygen atoms in total. The first kappa shape index (κ1) is 13.6. The summed E-state index contributed by atoms with van der Waals surface area (Å²) in [6.07, 6.45) is 1.98. The zero-order chi connectivity index (χ0) is 14.1. The van der Waals surface area contributed by atoms with Crippen LogP contribution >= 0.6 is 11.3 Å². The van der Waals surface area contributed by atoms with Gasteiger partial charge in [0.1, 0.15) is 0 Å². The quantitative estimate of drug-likeness (QED) is 0.922. The van der Waals surface area contributed by atoms with Gasteiger partial charge in [-0.3, -0.25) is 4.79 Å². The molecule has 2 heterocycles. The number of rotatable bonds is 2. The molecule has 1 aliphatic heterocycles. The van der Waals surface area contributed by atoms with Crippen molar-refractivity contribution in [3.63, 3.8) is 0 Å². The molecule has 2 atom stereocenters. The van der Waals surface area contributed by atoms with Crippen LogP contribution in [0.2, 0.25) is 0 Å². The summed E-state index contributed by atoms with van der Waals surface area (Å²) in [6, 6.07) is 10.3. The molecule has 106 valence electrons. The van der Waals surface area contributed by atoms with Crippen LogP contribution in [0.3, 0.4) is 0 Å². The first-order chi connectivity index (χ1) is 9.69. The Morgan fingerprint density at radius 2 is 2.20 bits per heavy atom. The van der Waals surface area contributed by atoms with E-state index >= 15 is 0 Å². The van der Waals surface area contributed by atoms with Gasteiger partial charge in [-0.2, -0.15) is 0 Å². The van der Waals surface area contributed by atoms with Gasteiger partial charge < -0.3 is 10.0 Å². The number of carbonyl (C=O) groups excluding carboxylic acids is 1. The first-order valence-electron chi connectivity index (χ1n) is 7.09.